The molecule has 2 aromatic rings. The Hall–Kier alpha value is -3.02. The zero-order valence-corrected chi connectivity index (χ0v) is 40.7. The summed E-state index contributed by atoms with van der Waals surface area (Å²) in [4.78, 5) is 42.0. The fourth-order valence-corrected chi connectivity index (χ4v) is 10.2. The highest BCUT2D eigenvalue weighted by atomic mass is 35.5. The van der Waals surface area contributed by atoms with E-state index in [2.05, 4.69) is 5.32 Å². The Balaban J connectivity index is 1.45. The van der Waals surface area contributed by atoms with Crippen LogP contribution in [0.4, 0.5) is 0 Å². The van der Waals surface area contributed by atoms with Crippen molar-refractivity contribution in [3.63, 3.8) is 0 Å². The zero-order chi connectivity index (χ0) is 48.3. The molecule has 3 heterocycles. The molecule has 3 saturated heterocycles. The van der Waals surface area contributed by atoms with Crippen molar-refractivity contribution in [2.75, 3.05) is 6.54 Å². The number of halogens is 1. The first-order valence-electron chi connectivity index (χ1n) is 23.2. The number of esters is 1. The Labute approximate surface area is 389 Å². The topological polar surface area (TPSA) is 211 Å². The summed E-state index contributed by atoms with van der Waals surface area (Å²) in [5.41, 5.74) is -1.98. The van der Waals surface area contributed by atoms with Crippen LogP contribution in [0, 0.1) is 35.0 Å². The number of rotatable bonds is 10. The van der Waals surface area contributed by atoms with Crippen molar-refractivity contribution < 1.29 is 63.6 Å². The van der Waals surface area contributed by atoms with Gasteiger partial charge in [0, 0.05) is 42.2 Å². The molecule has 0 saturated carbocycles. The van der Waals surface area contributed by atoms with Gasteiger partial charge in [0.1, 0.15) is 23.6 Å². The number of hydrogen-bond donors (Lipinski definition) is 6. The van der Waals surface area contributed by atoms with Crippen LogP contribution < -0.4 is 5.32 Å². The Kier molecular flexibility index (Phi) is 17.5. The van der Waals surface area contributed by atoms with Crippen LogP contribution in [0.2, 0.25) is 5.02 Å². The molecule has 0 aliphatic carbocycles. The van der Waals surface area contributed by atoms with E-state index in [1.165, 1.54) is 20.8 Å². The first kappa shape index (κ1) is 52.9. The quantitative estimate of drug-likeness (QED) is 0.157. The van der Waals surface area contributed by atoms with Gasteiger partial charge in [0.2, 0.25) is 5.91 Å². The van der Waals surface area contributed by atoms with E-state index in [0.29, 0.717) is 11.4 Å². The Bertz CT molecular complexity index is 1910. The number of aliphatic hydroxyl groups excluding tert-OH is 3. The molecule has 2 aromatic carbocycles. The van der Waals surface area contributed by atoms with Crippen LogP contribution in [0.3, 0.4) is 0 Å². The molecule has 3 fully saturated rings. The van der Waals surface area contributed by atoms with Crippen LogP contribution in [-0.2, 0) is 44.5 Å². The maximum absolute atomic E-state index is 14.6. The lowest BCUT2D eigenvalue weighted by Crippen LogP contribution is -2.59. The average Bonchev–Trinajstić information content (AvgIpc) is 3.23. The first-order chi connectivity index (χ1) is 30.2. The number of aliphatic hydroxyl groups is 5. The number of ether oxygens (including phenoxy) is 5. The molecule has 364 valence electrons. The highest BCUT2D eigenvalue weighted by Gasteiger charge is 2.53. The first-order valence-corrected chi connectivity index (χ1v) is 23.6. The number of carbonyl (C=O) groups is 3. The second-order valence-electron chi connectivity index (χ2n) is 20.5. The predicted octanol–water partition coefficient (Wildman–Crippen LogP) is 5.77. The second kappa shape index (κ2) is 21.5. The Morgan fingerprint density at radius 1 is 0.815 bits per heavy atom. The summed E-state index contributed by atoms with van der Waals surface area (Å²) in [6.07, 6.45) is -9.88. The van der Waals surface area contributed by atoms with Crippen LogP contribution in [0.25, 0.3) is 11.1 Å². The number of Topliss-reactive ketones (excluding diaryl/α,β-unsaturated/α-hetero) is 1. The van der Waals surface area contributed by atoms with Gasteiger partial charge in [0.15, 0.2) is 12.6 Å². The van der Waals surface area contributed by atoms with Gasteiger partial charge >= 0.3 is 5.97 Å². The molecule has 17 atom stereocenters. The van der Waals surface area contributed by atoms with Crippen molar-refractivity contribution in [2.24, 2.45) is 35.0 Å². The molecule has 65 heavy (non-hydrogen) atoms. The minimum absolute atomic E-state index is 0.0468. The molecule has 3 aliphatic rings. The number of hydrogen-bond acceptors (Lipinski definition) is 13. The van der Waals surface area contributed by atoms with E-state index in [-0.39, 0.29) is 50.2 Å². The summed E-state index contributed by atoms with van der Waals surface area (Å²) in [5, 5.41) is 62.1. The largest absolute Gasteiger partial charge is 0.459 e. The van der Waals surface area contributed by atoms with Gasteiger partial charge in [-0.05, 0) is 87.6 Å². The fraction of sp³-hybridized carbons (Fsp3) is 0.700. The summed E-state index contributed by atoms with van der Waals surface area (Å²) < 4.78 is 31.8. The number of ketones is 1. The third-order valence-corrected chi connectivity index (χ3v) is 14.4. The lowest BCUT2D eigenvalue weighted by molar-refractivity contribution is -0.312. The van der Waals surface area contributed by atoms with Crippen LogP contribution in [0.1, 0.15) is 107 Å². The van der Waals surface area contributed by atoms with Crippen LogP contribution in [-0.4, -0.2) is 122 Å². The third-order valence-electron chi connectivity index (χ3n) is 14.2. The van der Waals surface area contributed by atoms with Gasteiger partial charge in [-0.1, -0.05) is 89.5 Å². The van der Waals surface area contributed by atoms with Crippen molar-refractivity contribution in [1.29, 1.82) is 0 Å². The Morgan fingerprint density at radius 2 is 1.42 bits per heavy atom. The van der Waals surface area contributed by atoms with Crippen molar-refractivity contribution in [3.8, 4) is 11.1 Å². The fourth-order valence-electron chi connectivity index (χ4n) is 10.1. The molecule has 3 aliphatic heterocycles. The summed E-state index contributed by atoms with van der Waals surface area (Å²) in [6.45, 7) is 18.4. The third kappa shape index (κ3) is 12.8. The standard InChI is InChI=1S/C50H74ClNO13/c1-26-22-28(3)61-47(41(26)55)65-45-30(5)42(64-39-25-48(8,9)44(57)32(7)62-39)31(6)46(58)63-37(50(11,60)43(56)29(4)40(54)27(2)24-49(45,10)59)20-21-52-38(53)23-33-12-14-34(15-13-33)35-16-18-36(51)19-17-35/h12-19,26-32,37,39,41-45,47,55-57,59-60H,20-25H2,1-11H3,(H,52,53)/t26?,27-,28?,29+,30+,31-,32?,37-,39?,41?,42+,43-,44?,45-,47?,49-,50-/m1/s1. The molecule has 6 N–H and O–H groups in total. The monoisotopic (exact) mass is 931 g/mol. The zero-order valence-electron chi connectivity index (χ0n) is 39.9. The summed E-state index contributed by atoms with van der Waals surface area (Å²) in [6, 6.07) is 15.0. The number of carbonyl (C=O) groups excluding carboxylic acids is 3. The molecule has 15 heteroatoms. The van der Waals surface area contributed by atoms with Crippen molar-refractivity contribution in [1.82, 2.24) is 5.32 Å². The molecule has 14 nitrogen and oxygen atoms in total. The van der Waals surface area contributed by atoms with E-state index in [1.807, 2.05) is 64.1 Å². The molecule has 1 amide bonds. The van der Waals surface area contributed by atoms with Crippen molar-refractivity contribution in [2.45, 2.75) is 181 Å². The molecule has 0 bridgehead atoms. The van der Waals surface area contributed by atoms with Crippen molar-refractivity contribution in [3.05, 3.63) is 59.1 Å². The smallest absolute Gasteiger partial charge is 0.311 e. The lowest BCUT2D eigenvalue weighted by Gasteiger charge is -2.48. The number of benzene rings is 2. The number of cyclic esters (lactones) is 1. The normalized spacial score (nSPS) is 39.8. The van der Waals surface area contributed by atoms with Gasteiger partial charge in [0.25, 0.3) is 0 Å². The molecule has 0 aromatic heterocycles. The highest BCUT2D eigenvalue weighted by Crippen LogP contribution is 2.42. The number of amides is 1. The summed E-state index contributed by atoms with van der Waals surface area (Å²) >= 11 is 6.04. The minimum Gasteiger partial charge on any atom is -0.459 e. The predicted molar refractivity (Wildman–Crippen MR) is 244 cm³/mol. The molecule has 7 unspecified atom stereocenters. The van der Waals surface area contributed by atoms with E-state index in [4.69, 9.17) is 35.3 Å². The Morgan fingerprint density at radius 3 is 2.02 bits per heavy atom. The highest BCUT2D eigenvalue weighted by molar-refractivity contribution is 6.30. The van der Waals surface area contributed by atoms with Gasteiger partial charge in [-0.25, -0.2) is 0 Å². The minimum atomic E-state index is -2.20. The SMILES string of the molecule is CC1CC(C)C(O)C(O[C@@H]2[C@@H](C)[C@H](OC3CC(C)(C)C(O)C(C)O3)[C@@H](C)C(=O)O[C@H](CCNC(=O)Cc3ccc(-c4ccc(Cl)cc4)cc3)[C@@](C)(O)[C@H](O)[C@@H](C)C(=O)[C@H](C)C[C@@]2(C)O)O1. The van der Waals surface area contributed by atoms with E-state index in [0.717, 1.165) is 16.7 Å². The van der Waals surface area contributed by atoms with Crippen LogP contribution in [0.5, 0.6) is 0 Å². The van der Waals surface area contributed by atoms with Gasteiger partial charge in [0.05, 0.1) is 54.6 Å². The molecular weight excluding hydrogens is 858 g/mol. The molecule has 0 radical (unpaired) electrons. The van der Waals surface area contributed by atoms with Crippen LogP contribution in [0.15, 0.2) is 48.5 Å². The number of nitrogens with one attached hydrogen (secondary N) is 1. The van der Waals surface area contributed by atoms with E-state index < -0.39 is 107 Å². The lowest BCUT2D eigenvalue weighted by atomic mass is 9.74. The molecular formula is C50H74ClNO13. The second-order valence-corrected chi connectivity index (χ2v) is 20.9. The van der Waals surface area contributed by atoms with E-state index >= 15 is 0 Å². The summed E-state index contributed by atoms with van der Waals surface area (Å²) in [7, 11) is 0. The van der Waals surface area contributed by atoms with E-state index in [9.17, 15) is 39.9 Å². The molecule has 5 rings (SSSR count). The van der Waals surface area contributed by atoms with Gasteiger partial charge in [-0.15, -0.1) is 0 Å². The van der Waals surface area contributed by atoms with Crippen LogP contribution >= 0.6 is 11.6 Å². The maximum Gasteiger partial charge on any atom is 0.311 e. The average molecular weight is 933 g/mol. The van der Waals surface area contributed by atoms with Crippen molar-refractivity contribution >= 4 is 29.3 Å². The van der Waals surface area contributed by atoms with E-state index in [1.54, 1.807) is 39.8 Å². The molecule has 0 spiro atoms. The van der Waals surface area contributed by atoms with Gasteiger partial charge in [-0.2, -0.15) is 0 Å². The van der Waals surface area contributed by atoms with Gasteiger partial charge < -0.3 is 54.5 Å². The van der Waals surface area contributed by atoms with Gasteiger partial charge in [-0.3, -0.25) is 14.4 Å². The summed E-state index contributed by atoms with van der Waals surface area (Å²) in [5.74, 6) is -5.94. The maximum atomic E-state index is 14.6.